The van der Waals surface area contributed by atoms with Crippen LogP contribution in [0.2, 0.25) is 0 Å². The zero-order valence-electron chi connectivity index (χ0n) is 15.6. The monoisotopic (exact) mass is 381 g/mol. The molecule has 2 aliphatic rings. The lowest BCUT2D eigenvalue weighted by Gasteiger charge is -2.44. The third-order valence-corrected chi connectivity index (χ3v) is 5.74. The number of aliphatic carboxylic acids is 1. The topological polar surface area (TPSA) is 70.0 Å². The van der Waals surface area contributed by atoms with Crippen LogP contribution < -0.4 is 0 Å². The summed E-state index contributed by atoms with van der Waals surface area (Å²) in [7, 11) is 0. The van der Waals surface area contributed by atoms with E-state index in [4.69, 9.17) is 4.74 Å². The van der Waals surface area contributed by atoms with Crippen LogP contribution in [0.15, 0.2) is 0 Å². The van der Waals surface area contributed by atoms with Crippen molar-refractivity contribution in [1.82, 2.24) is 4.90 Å². The van der Waals surface area contributed by atoms with Crippen LogP contribution in [0.3, 0.4) is 0 Å². The summed E-state index contributed by atoms with van der Waals surface area (Å²) in [5.41, 5.74) is 0. The molecule has 1 heterocycles. The summed E-state index contributed by atoms with van der Waals surface area (Å²) >= 11 is 0. The highest BCUT2D eigenvalue weighted by molar-refractivity contribution is 5.71. The van der Waals surface area contributed by atoms with Crippen LogP contribution in [0.4, 0.5) is 13.2 Å². The van der Waals surface area contributed by atoms with E-state index in [1.807, 2.05) is 20.8 Å². The van der Waals surface area contributed by atoms with Gasteiger partial charge in [0, 0.05) is 18.7 Å². The van der Waals surface area contributed by atoms with E-state index in [9.17, 15) is 28.2 Å². The second kappa shape index (κ2) is 8.44. The van der Waals surface area contributed by atoms with Crippen molar-refractivity contribution in [3.63, 3.8) is 0 Å². The first-order valence-electron chi connectivity index (χ1n) is 9.35. The van der Waals surface area contributed by atoms with Gasteiger partial charge in [0.25, 0.3) is 0 Å². The maximum atomic E-state index is 13.4. The molecule has 2 fully saturated rings. The number of hydrogen-bond donors (Lipinski definition) is 2. The Hall–Kier alpha value is -0.860. The molecule has 0 aromatic carbocycles. The van der Waals surface area contributed by atoms with Crippen molar-refractivity contribution in [1.29, 1.82) is 0 Å². The average molecular weight is 381 g/mol. The molecule has 26 heavy (non-hydrogen) atoms. The summed E-state index contributed by atoms with van der Waals surface area (Å²) in [4.78, 5) is 12.8. The second-order valence-corrected chi connectivity index (χ2v) is 8.23. The first kappa shape index (κ1) is 21.4. The predicted octanol–water partition coefficient (Wildman–Crippen LogP) is 3.12. The number of nitrogens with zero attached hydrogens (tertiary/aromatic N) is 1. The molecule has 1 aliphatic heterocycles. The van der Waals surface area contributed by atoms with Gasteiger partial charge in [0.1, 0.15) is 0 Å². The SMILES string of the molecule is CC(C)CC1CC(N(C2CCOC[C@H]2C)C(O)C(F)(F)F)CC1C(=O)O. The third-order valence-electron chi connectivity index (χ3n) is 5.74. The van der Waals surface area contributed by atoms with Crippen molar-refractivity contribution >= 4 is 5.97 Å². The standard InChI is InChI=1S/C18H30F3NO4/c1-10(2)6-12-7-13(8-14(12)16(23)24)22(17(25)18(19,20)21)15-4-5-26-9-11(15)3/h10-15,17,25H,4-9H2,1-3H3,(H,23,24)/t11-,12?,13?,14?,15?,17?/m1/s1. The zero-order valence-corrected chi connectivity index (χ0v) is 15.6. The van der Waals surface area contributed by atoms with Crippen molar-refractivity contribution in [2.45, 2.75) is 70.9 Å². The van der Waals surface area contributed by atoms with E-state index in [2.05, 4.69) is 0 Å². The van der Waals surface area contributed by atoms with Crippen molar-refractivity contribution in [2.24, 2.45) is 23.7 Å². The van der Waals surface area contributed by atoms with Gasteiger partial charge in [-0.2, -0.15) is 13.2 Å². The summed E-state index contributed by atoms with van der Waals surface area (Å²) in [5, 5.41) is 19.6. The number of carbonyl (C=O) groups is 1. The Morgan fingerprint density at radius 1 is 1.31 bits per heavy atom. The van der Waals surface area contributed by atoms with E-state index in [0.717, 1.165) is 4.90 Å². The molecular weight excluding hydrogens is 351 g/mol. The van der Waals surface area contributed by atoms with Crippen LogP contribution in [0.25, 0.3) is 0 Å². The molecule has 0 amide bonds. The molecule has 0 radical (unpaired) electrons. The highest BCUT2D eigenvalue weighted by atomic mass is 19.4. The smallest absolute Gasteiger partial charge is 0.428 e. The normalized spacial score (nSPS) is 34.4. The van der Waals surface area contributed by atoms with E-state index in [1.54, 1.807) is 0 Å². The number of rotatable bonds is 6. The largest absolute Gasteiger partial charge is 0.481 e. The Kier molecular flexibility index (Phi) is 6.96. The lowest BCUT2D eigenvalue weighted by Crippen LogP contribution is -2.58. The lowest BCUT2D eigenvalue weighted by atomic mass is 9.88. The lowest BCUT2D eigenvalue weighted by molar-refractivity contribution is -0.270. The Morgan fingerprint density at radius 2 is 1.96 bits per heavy atom. The summed E-state index contributed by atoms with van der Waals surface area (Å²) in [5.74, 6) is -1.69. The number of ether oxygens (including phenoxy) is 1. The highest BCUT2D eigenvalue weighted by Gasteiger charge is 2.52. The number of carboxylic acid groups (broad SMARTS) is 1. The fourth-order valence-electron chi connectivity index (χ4n) is 4.64. The van der Waals surface area contributed by atoms with Gasteiger partial charge in [-0.25, -0.2) is 0 Å². The van der Waals surface area contributed by atoms with Gasteiger partial charge in [0.05, 0.1) is 12.5 Å². The van der Waals surface area contributed by atoms with Crippen LogP contribution >= 0.6 is 0 Å². The summed E-state index contributed by atoms with van der Waals surface area (Å²) < 4.78 is 45.4. The molecule has 152 valence electrons. The molecule has 0 bridgehead atoms. The number of hydrogen-bond acceptors (Lipinski definition) is 4. The first-order valence-corrected chi connectivity index (χ1v) is 9.35. The number of halogens is 3. The van der Waals surface area contributed by atoms with Gasteiger partial charge in [0.2, 0.25) is 6.23 Å². The molecule has 8 heteroatoms. The first-order chi connectivity index (χ1) is 12.0. The van der Waals surface area contributed by atoms with Crippen LogP contribution in [0.5, 0.6) is 0 Å². The van der Waals surface area contributed by atoms with Crippen molar-refractivity contribution < 1.29 is 32.9 Å². The number of aliphatic hydroxyl groups excluding tert-OH is 1. The van der Waals surface area contributed by atoms with Gasteiger partial charge in [-0.1, -0.05) is 20.8 Å². The van der Waals surface area contributed by atoms with Crippen LogP contribution in [0.1, 0.15) is 46.5 Å². The molecule has 5 unspecified atom stereocenters. The van der Waals surface area contributed by atoms with E-state index in [-0.39, 0.29) is 24.2 Å². The second-order valence-electron chi connectivity index (χ2n) is 8.23. The van der Waals surface area contributed by atoms with Crippen molar-refractivity contribution in [3.8, 4) is 0 Å². The molecule has 2 N–H and O–H groups in total. The minimum atomic E-state index is -4.77. The van der Waals surface area contributed by atoms with E-state index in [0.29, 0.717) is 32.5 Å². The van der Waals surface area contributed by atoms with Gasteiger partial charge >= 0.3 is 12.1 Å². The molecule has 1 saturated carbocycles. The number of alkyl halides is 3. The quantitative estimate of drug-likeness (QED) is 0.692. The van der Waals surface area contributed by atoms with Crippen molar-refractivity contribution in [2.75, 3.05) is 13.2 Å². The van der Waals surface area contributed by atoms with Gasteiger partial charge in [0.15, 0.2) is 0 Å². The van der Waals surface area contributed by atoms with Crippen LogP contribution in [0, 0.1) is 23.7 Å². The third kappa shape index (κ3) is 4.89. The van der Waals surface area contributed by atoms with Gasteiger partial charge in [-0.15, -0.1) is 0 Å². The summed E-state index contributed by atoms with van der Waals surface area (Å²) in [6, 6.07) is -1.07. The Labute approximate surface area is 152 Å². The molecule has 1 saturated heterocycles. The minimum Gasteiger partial charge on any atom is -0.481 e. The predicted molar refractivity (Wildman–Crippen MR) is 89.4 cm³/mol. The van der Waals surface area contributed by atoms with Gasteiger partial charge < -0.3 is 14.9 Å². The Morgan fingerprint density at radius 3 is 2.46 bits per heavy atom. The Balaban J connectivity index is 2.28. The average Bonchev–Trinajstić information content (AvgIpc) is 2.91. The number of aliphatic hydroxyl groups is 1. The Bertz CT molecular complexity index is 486. The van der Waals surface area contributed by atoms with Gasteiger partial charge in [-0.05, 0) is 43.4 Å². The molecular formula is C18H30F3NO4. The summed E-state index contributed by atoms with van der Waals surface area (Å²) in [6.45, 7) is 6.47. The number of carboxylic acids is 1. The summed E-state index contributed by atoms with van der Waals surface area (Å²) in [6.07, 6.45) is -5.78. The molecule has 2 rings (SSSR count). The van der Waals surface area contributed by atoms with E-state index < -0.39 is 36.4 Å². The van der Waals surface area contributed by atoms with Crippen molar-refractivity contribution in [3.05, 3.63) is 0 Å². The highest BCUT2D eigenvalue weighted by Crippen LogP contribution is 2.43. The van der Waals surface area contributed by atoms with Crippen LogP contribution in [-0.2, 0) is 9.53 Å². The molecule has 6 atom stereocenters. The molecule has 1 aliphatic carbocycles. The van der Waals surface area contributed by atoms with E-state index in [1.165, 1.54) is 0 Å². The zero-order chi connectivity index (χ0) is 19.6. The molecule has 0 spiro atoms. The molecule has 0 aromatic heterocycles. The fraction of sp³-hybridized carbons (Fsp3) is 0.944. The maximum absolute atomic E-state index is 13.4. The minimum absolute atomic E-state index is 0.143. The van der Waals surface area contributed by atoms with Crippen LogP contribution in [-0.4, -0.2) is 58.8 Å². The van der Waals surface area contributed by atoms with E-state index >= 15 is 0 Å². The molecule has 5 nitrogen and oxygen atoms in total. The maximum Gasteiger partial charge on any atom is 0.428 e. The fourth-order valence-corrected chi connectivity index (χ4v) is 4.64. The van der Waals surface area contributed by atoms with Gasteiger partial charge in [-0.3, -0.25) is 9.69 Å². The molecule has 0 aromatic rings.